The van der Waals surface area contributed by atoms with Crippen LogP contribution in [0.4, 0.5) is 0 Å². The van der Waals surface area contributed by atoms with Crippen LogP contribution in [0.2, 0.25) is 5.15 Å². The van der Waals surface area contributed by atoms with Crippen LogP contribution in [0.15, 0.2) is 24.4 Å². The van der Waals surface area contributed by atoms with Crippen molar-refractivity contribution in [2.75, 3.05) is 0 Å². The minimum Gasteiger partial charge on any atom is -0.240 e. The number of rotatable bonds is 2. The predicted molar refractivity (Wildman–Crippen MR) is 78.5 cm³/mol. The van der Waals surface area contributed by atoms with E-state index in [9.17, 15) is 0 Å². The minimum absolute atomic E-state index is 0.527. The second kappa shape index (κ2) is 5.31. The van der Waals surface area contributed by atoms with Crippen molar-refractivity contribution in [1.82, 2.24) is 9.97 Å². The summed E-state index contributed by atoms with van der Waals surface area (Å²) in [6.07, 6.45) is 2.48. The van der Waals surface area contributed by atoms with Gasteiger partial charge in [-0.15, -0.1) is 0 Å². The summed E-state index contributed by atoms with van der Waals surface area (Å²) in [7, 11) is 0. The monoisotopic (exact) mass is 358 g/mol. The summed E-state index contributed by atoms with van der Waals surface area (Å²) in [4.78, 5) is 8.55. The van der Waals surface area contributed by atoms with Gasteiger partial charge in [0.1, 0.15) is 11.0 Å². The van der Waals surface area contributed by atoms with Crippen molar-refractivity contribution >= 4 is 34.2 Å². The number of aromatic nitrogens is 2. The molecule has 0 saturated carbocycles. The molecule has 0 bridgehead atoms. The van der Waals surface area contributed by atoms with Crippen LogP contribution in [-0.4, -0.2) is 9.97 Å². The third-order valence-electron chi connectivity index (χ3n) is 2.68. The van der Waals surface area contributed by atoms with Crippen LogP contribution in [0.1, 0.15) is 22.5 Å². The van der Waals surface area contributed by atoms with Crippen molar-refractivity contribution in [1.29, 1.82) is 0 Å². The van der Waals surface area contributed by atoms with Crippen LogP contribution in [0.3, 0.4) is 0 Å². The Morgan fingerprint density at radius 3 is 2.65 bits per heavy atom. The maximum atomic E-state index is 5.98. The molecule has 0 aliphatic carbocycles. The molecular formula is C13H12ClIN2. The maximum absolute atomic E-state index is 5.98. The number of benzene rings is 1. The highest BCUT2D eigenvalue weighted by molar-refractivity contribution is 14.1. The zero-order valence-corrected chi connectivity index (χ0v) is 12.6. The summed E-state index contributed by atoms with van der Waals surface area (Å²) in [6.45, 7) is 4.22. The molecule has 0 N–H and O–H groups in total. The second-order valence-corrected chi connectivity index (χ2v) is 5.54. The van der Waals surface area contributed by atoms with Crippen molar-refractivity contribution < 1.29 is 0 Å². The first-order chi connectivity index (χ1) is 8.06. The van der Waals surface area contributed by atoms with Crippen LogP contribution in [0.25, 0.3) is 0 Å². The SMILES string of the molecule is Cc1ccc(Cc2ncc(I)c(Cl)n2)cc1C. The zero-order chi connectivity index (χ0) is 12.4. The zero-order valence-electron chi connectivity index (χ0n) is 9.67. The summed E-state index contributed by atoms with van der Waals surface area (Å²) in [6, 6.07) is 6.40. The number of halogens is 2. The Labute approximate surface area is 120 Å². The second-order valence-electron chi connectivity index (χ2n) is 4.02. The highest BCUT2D eigenvalue weighted by atomic mass is 127. The molecule has 2 rings (SSSR count). The third-order valence-corrected chi connectivity index (χ3v) is 4.08. The summed E-state index contributed by atoms with van der Waals surface area (Å²) in [5.74, 6) is 0.763. The summed E-state index contributed by atoms with van der Waals surface area (Å²) in [5, 5.41) is 0.527. The Hall–Kier alpha value is -0.680. The van der Waals surface area contributed by atoms with E-state index < -0.39 is 0 Å². The maximum Gasteiger partial charge on any atom is 0.146 e. The average molecular weight is 359 g/mol. The normalized spacial score (nSPS) is 10.6. The molecule has 1 aromatic heterocycles. The quantitative estimate of drug-likeness (QED) is 0.600. The van der Waals surface area contributed by atoms with Gasteiger partial charge in [0.25, 0.3) is 0 Å². The predicted octanol–water partition coefficient (Wildman–Crippen LogP) is 3.94. The van der Waals surface area contributed by atoms with Crippen molar-refractivity contribution in [2.45, 2.75) is 20.3 Å². The molecule has 0 amide bonds. The molecule has 17 heavy (non-hydrogen) atoms. The Morgan fingerprint density at radius 1 is 1.24 bits per heavy atom. The molecule has 0 atom stereocenters. The molecule has 0 aliphatic rings. The number of hydrogen-bond acceptors (Lipinski definition) is 2. The molecule has 88 valence electrons. The fourth-order valence-corrected chi connectivity index (χ4v) is 1.97. The van der Waals surface area contributed by atoms with Gasteiger partial charge < -0.3 is 0 Å². The fraction of sp³-hybridized carbons (Fsp3) is 0.231. The van der Waals surface area contributed by atoms with Crippen LogP contribution in [0.5, 0.6) is 0 Å². The molecule has 1 heterocycles. The lowest BCUT2D eigenvalue weighted by atomic mass is 10.0. The molecule has 0 spiro atoms. The Bertz CT molecular complexity index is 506. The molecular weight excluding hydrogens is 347 g/mol. The fourth-order valence-electron chi connectivity index (χ4n) is 1.56. The Morgan fingerprint density at radius 2 is 2.00 bits per heavy atom. The molecule has 0 fully saturated rings. The topological polar surface area (TPSA) is 25.8 Å². The summed E-state index contributed by atoms with van der Waals surface area (Å²) < 4.78 is 0.883. The molecule has 2 aromatic rings. The van der Waals surface area contributed by atoms with Crippen molar-refractivity contribution in [3.63, 3.8) is 0 Å². The number of aryl methyl sites for hydroxylation is 2. The van der Waals surface area contributed by atoms with E-state index in [2.05, 4.69) is 64.6 Å². The van der Waals surface area contributed by atoms with Crippen molar-refractivity contribution in [2.24, 2.45) is 0 Å². The lowest BCUT2D eigenvalue weighted by Gasteiger charge is -2.05. The first-order valence-corrected chi connectivity index (χ1v) is 6.75. The summed E-state index contributed by atoms with van der Waals surface area (Å²) in [5.41, 5.74) is 3.81. The van der Waals surface area contributed by atoms with E-state index in [-0.39, 0.29) is 0 Å². The van der Waals surface area contributed by atoms with Crippen molar-refractivity contribution in [3.05, 3.63) is 55.6 Å². The third kappa shape index (κ3) is 3.16. The van der Waals surface area contributed by atoms with E-state index in [0.717, 1.165) is 15.8 Å². The van der Waals surface area contributed by atoms with E-state index in [1.807, 2.05) is 0 Å². The van der Waals surface area contributed by atoms with E-state index >= 15 is 0 Å². The molecule has 0 unspecified atom stereocenters. The lowest BCUT2D eigenvalue weighted by molar-refractivity contribution is 0.959. The molecule has 2 nitrogen and oxygen atoms in total. The molecule has 0 saturated heterocycles. The van der Waals surface area contributed by atoms with Crippen molar-refractivity contribution in [3.8, 4) is 0 Å². The van der Waals surface area contributed by atoms with Crippen LogP contribution in [0, 0.1) is 17.4 Å². The first-order valence-electron chi connectivity index (χ1n) is 5.29. The molecule has 0 radical (unpaired) electrons. The van der Waals surface area contributed by atoms with Gasteiger partial charge in [-0.05, 0) is 53.1 Å². The largest absolute Gasteiger partial charge is 0.240 e. The van der Waals surface area contributed by atoms with Gasteiger partial charge in [0.05, 0.1) is 3.57 Å². The van der Waals surface area contributed by atoms with E-state index in [4.69, 9.17) is 11.6 Å². The van der Waals surface area contributed by atoms with Gasteiger partial charge in [0, 0.05) is 12.6 Å². The first kappa shape index (κ1) is 12.8. The van der Waals surface area contributed by atoms with Gasteiger partial charge in [-0.1, -0.05) is 29.8 Å². The Balaban J connectivity index is 2.25. The van der Waals surface area contributed by atoms with Gasteiger partial charge >= 0.3 is 0 Å². The van der Waals surface area contributed by atoms with Gasteiger partial charge in [-0.25, -0.2) is 9.97 Å². The number of hydrogen-bond donors (Lipinski definition) is 0. The van der Waals surface area contributed by atoms with Gasteiger partial charge in [0.2, 0.25) is 0 Å². The van der Waals surface area contributed by atoms with Gasteiger partial charge in [-0.3, -0.25) is 0 Å². The Kier molecular flexibility index (Phi) is 3.99. The van der Waals surface area contributed by atoms with Crippen LogP contribution < -0.4 is 0 Å². The smallest absolute Gasteiger partial charge is 0.146 e. The average Bonchev–Trinajstić information content (AvgIpc) is 2.29. The van der Waals surface area contributed by atoms with Crippen LogP contribution >= 0.6 is 34.2 Å². The summed E-state index contributed by atoms with van der Waals surface area (Å²) >= 11 is 8.10. The van der Waals surface area contributed by atoms with Gasteiger partial charge in [0.15, 0.2) is 0 Å². The molecule has 0 aliphatic heterocycles. The van der Waals surface area contributed by atoms with E-state index in [1.54, 1.807) is 6.20 Å². The lowest BCUT2D eigenvalue weighted by Crippen LogP contribution is -1.98. The number of nitrogens with zero attached hydrogens (tertiary/aromatic N) is 2. The highest BCUT2D eigenvalue weighted by Crippen LogP contribution is 2.16. The van der Waals surface area contributed by atoms with E-state index in [0.29, 0.717) is 5.15 Å². The van der Waals surface area contributed by atoms with Crippen LogP contribution in [-0.2, 0) is 6.42 Å². The molecule has 4 heteroatoms. The standard InChI is InChI=1S/C13H12ClIN2/c1-8-3-4-10(5-9(8)2)6-12-16-7-11(15)13(14)17-12/h3-5,7H,6H2,1-2H3. The highest BCUT2D eigenvalue weighted by Gasteiger charge is 2.04. The minimum atomic E-state index is 0.527. The van der Waals surface area contributed by atoms with Gasteiger partial charge in [-0.2, -0.15) is 0 Å². The van der Waals surface area contributed by atoms with E-state index in [1.165, 1.54) is 16.7 Å². The molecule has 1 aromatic carbocycles.